The summed E-state index contributed by atoms with van der Waals surface area (Å²) in [6, 6.07) is 0. The summed E-state index contributed by atoms with van der Waals surface area (Å²) in [5.41, 5.74) is 0.882. The van der Waals surface area contributed by atoms with Gasteiger partial charge in [0, 0.05) is 12.8 Å². The van der Waals surface area contributed by atoms with Crippen LogP contribution in [0.5, 0.6) is 0 Å². The van der Waals surface area contributed by atoms with Crippen molar-refractivity contribution in [2.45, 2.75) is 31.0 Å². The Bertz CT molecular complexity index is 348. The number of hydrogen-bond acceptors (Lipinski definition) is 4. The van der Waals surface area contributed by atoms with Gasteiger partial charge in [0.1, 0.15) is 0 Å². The highest BCUT2D eigenvalue weighted by molar-refractivity contribution is 7.99. The van der Waals surface area contributed by atoms with Crippen LogP contribution in [-0.2, 0) is 13.7 Å². The summed E-state index contributed by atoms with van der Waals surface area (Å²) in [6.45, 7) is 3.84. The Morgan fingerprint density at radius 1 is 1.41 bits per heavy atom. The van der Waals surface area contributed by atoms with Gasteiger partial charge < -0.3 is 14.6 Å². The molecule has 17 heavy (non-hydrogen) atoms. The zero-order chi connectivity index (χ0) is 12.1. The molecule has 0 aliphatic carbocycles. The highest BCUT2D eigenvalue weighted by Gasteiger charge is 2.11. The molecule has 1 aliphatic rings. The molecule has 96 valence electrons. The predicted octanol–water partition coefficient (Wildman–Crippen LogP) is 1.49. The van der Waals surface area contributed by atoms with Crippen molar-refractivity contribution in [2.75, 3.05) is 25.4 Å². The third-order valence-electron chi connectivity index (χ3n) is 3.25. The monoisotopic (exact) mass is 255 g/mol. The molecule has 1 N–H and O–H groups in total. The summed E-state index contributed by atoms with van der Waals surface area (Å²) >= 11 is 1.78. The van der Waals surface area contributed by atoms with Crippen LogP contribution in [0.1, 0.15) is 25.0 Å². The van der Waals surface area contributed by atoms with Crippen molar-refractivity contribution in [1.82, 2.24) is 14.5 Å². The first kappa shape index (κ1) is 12.9. The molecule has 0 amide bonds. The van der Waals surface area contributed by atoms with Crippen molar-refractivity contribution >= 4 is 11.8 Å². The topological polar surface area (TPSA) is 41.3 Å². The Kier molecular flexibility index (Phi) is 4.88. The minimum Gasteiger partial charge on any atom is -0.390 e. The number of aliphatic hydroxyl groups excluding tert-OH is 1. The van der Waals surface area contributed by atoms with E-state index in [9.17, 15) is 0 Å². The Hall–Kier alpha value is -0.520. The van der Waals surface area contributed by atoms with Crippen LogP contribution in [0.4, 0.5) is 0 Å². The van der Waals surface area contributed by atoms with Crippen LogP contribution < -0.4 is 0 Å². The van der Waals surface area contributed by atoms with Gasteiger partial charge in [-0.2, -0.15) is 0 Å². The highest BCUT2D eigenvalue weighted by Crippen LogP contribution is 2.18. The van der Waals surface area contributed by atoms with Gasteiger partial charge in [0.25, 0.3) is 0 Å². The van der Waals surface area contributed by atoms with E-state index in [2.05, 4.69) is 9.88 Å². The molecule has 2 rings (SSSR count). The number of nitrogens with zero attached hydrogens (tertiary/aromatic N) is 3. The highest BCUT2D eigenvalue weighted by atomic mass is 32.2. The van der Waals surface area contributed by atoms with Gasteiger partial charge in [-0.15, -0.1) is 0 Å². The maximum absolute atomic E-state index is 9.07. The number of imidazole rings is 1. The van der Waals surface area contributed by atoms with Gasteiger partial charge in [0.2, 0.25) is 0 Å². The smallest absolute Gasteiger partial charge is 0.167 e. The lowest BCUT2D eigenvalue weighted by Crippen LogP contribution is -2.20. The summed E-state index contributed by atoms with van der Waals surface area (Å²) < 4.78 is 1.97. The molecule has 2 heterocycles. The Morgan fingerprint density at radius 3 is 2.82 bits per heavy atom. The number of aromatic nitrogens is 2. The fraction of sp³-hybridized carbons (Fsp3) is 0.750. The standard InChI is InChI=1S/C12H21N3OS/c1-14-11(10-16)9-13-12(14)17-8-4-7-15-5-2-3-6-15/h9,16H,2-8,10H2,1H3. The molecule has 1 aromatic rings. The molecule has 5 heteroatoms. The van der Waals surface area contributed by atoms with E-state index in [1.54, 1.807) is 18.0 Å². The van der Waals surface area contributed by atoms with Crippen LogP contribution in [0.2, 0.25) is 0 Å². The number of aliphatic hydroxyl groups is 1. The Balaban J connectivity index is 1.68. The fourth-order valence-electron chi connectivity index (χ4n) is 2.16. The fourth-order valence-corrected chi connectivity index (χ4v) is 3.06. The molecule has 4 nitrogen and oxygen atoms in total. The molecule has 0 radical (unpaired) electrons. The van der Waals surface area contributed by atoms with E-state index >= 15 is 0 Å². The third-order valence-corrected chi connectivity index (χ3v) is 4.38. The van der Waals surface area contributed by atoms with Crippen molar-refractivity contribution in [1.29, 1.82) is 0 Å². The molecule has 1 fully saturated rings. The van der Waals surface area contributed by atoms with Crippen LogP contribution in [0, 0.1) is 0 Å². The Labute approximate surface area is 107 Å². The zero-order valence-electron chi connectivity index (χ0n) is 10.4. The molecule has 0 atom stereocenters. The second-order valence-corrected chi connectivity index (χ2v) is 5.56. The molecule has 0 spiro atoms. The van der Waals surface area contributed by atoms with Crippen LogP contribution in [0.15, 0.2) is 11.4 Å². The van der Waals surface area contributed by atoms with Crippen molar-refractivity contribution in [2.24, 2.45) is 7.05 Å². The summed E-state index contributed by atoms with van der Waals surface area (Å²) in [6.07, 6.45) is 5.70. The molecule has 0 bridgehead atoms. The van der Waals surface area contributed by atoms with E-state index in [-0.39, 0.29) is 6.61 Å². The van der Waals surface area contributed by atoms with E-state index in [1.165, 1.54) is 38.9 Å². The second-order valence-electron chi connectivity index (χ2n) is 4.50. The molecule has 1 aliphatic heterocycles. The van der Waals surface area contributed by atoms with Gasteiger partial charge in [-0.3, -0.25) is 0 Å². The van der Waals surface area contributed by atoms with Crippen molar-refractivity contribution in [3.63, 3.8) is 0 Å². The molecule has 0 saturated carbocycles. The Morgan fingerprint density at radius 2 is 2.18 bits per heavy atom. The molecule has 0 aromatic carbocycles. The second kappa shape index (κ2) is 6.42. The van der Waals surface area contributed by atoms with Crippen molar-refractivity contribution in [3.05, 3.63) is 11.9 Å². The molecular weight excluding hydrogens is 234 g/mol. The maximum Gasteiger partial charge on any atom is 0.167 e. The van der Waals surface area contributed by atoms with Gasteiger partial charge >= 0.3 is 0 Å². The third kappa shape index (κ3) is 3.47. The average Bonchev–Trinajstić information content (AvgIpc) is 2.95. The van der Waals surface area contributed by atoms with Crippen LogP contribution in [0.3, 0.4) is 0 Å². The predicted molar refractivity (Wildman–Crippen MR) is 70.1 cm³/mol. The first-order valence-electron chi connectivity index (χ1n) is 6.28. The quantitative estimate of drug-likeness (QED) is 0.618. The summed E-state index contributed by atoms with van der Waals surface area (Å²) in [4.78, 5) is 6.85. The summed E-state index contributed by atoms with van der Waals surface area (Å²) in [5.74, 6) is 1.10. The molecule has 1 aromatic heterocycles. The summed E-state index contributed by atoms with van der Waals surface area (Å²) in [7, 11) is 1.96. The minimum absolute atomic E-state index is 0.0673. The molecular formula is C12H21N3OS. The van der Waals surface area contributed by atoms with Gasteiger partial charge in [-0.1, -0.05) is 11.8 Å². The average molecular weight is 255 g/mol. The minimum atomic E-state index is 0.0673. The maximum atomic E-state index is 9.07. The lowest BCUT2D eigenvalue weighted by molar-refractivity contribution is 0.271. The van der Waals surface area contributed by atoms with Gasteiger partial charge in [-0.05, 0) is 38.9 Å². The largest absolute Gasteiger partial charge is 0.390 e. The first-order valence-corrected chi connectivity index (χ1v) is 7.26. The molecule has 1 saturated heterocycles. The lowest BCUT2D eigenvalue weighted by atomic mass is 10.4. The SMILES string of the molecule is Cn1c(CO)cnc1SCCCN1CCCC1. The van der Waals surface area contributed by atoms with Crippen LogP contribution in [-0.4, -0.2) is 44.9 Å². The first-order chi connectivity index (χ1) is 8.31. The normalized spacial score (nSPS) is 16.8. The lowest BCUT2D eigenvalue weighted by Gasteiger charge is -2.13. The van der Waals surface area contributed by atoms with Gasteiger partial charge in [0.15, 0.2) is 5.16 Å². The van der Waals surface area contributed by atoms with E-state index in [0.717, 1.165) is 16.6 Å². The van der Waals surface area contributed by atoms with Crippen molar-refractivity contribution in [3.8, 4) is 0 Å². The number of likely N-dealkylation sites (tertiary alicyclic amines) is 1. The van der Waals surface area contributed by atoms with Crippen LogP contribution >= 0.6 is 11.8 Å². The van der Waals surface area contributed by atoms with E-state index in [0.29, 0.717) is 0 Å². The van der Waals surface area contributed by atoms with Gasteiger partial charge in [-0.25, -0.2) is 4.98 Å². The number of thioether (sulfide) groups is 1. The number of rotatable bonds is 6. The van der Waals surface area contributed by atoms with Gasteiger partial charge in [0.05, 0.1) is 18.5 Å². The van der Waals surface area contributed by atoms with E-state index in [1.807, 2.05) is 11.6 Å². The summed E-state index contributed by atoms with van der Waals surface area (Å²) in [5, 5.41) is 10.1. The molecule has 0 unspecified atom stereocenters. The van der Waals surface area contributed by atoms with Crippen LogP contribution in [0.25, 0.3) is 0 Å². The zero-order valence-corrected chi connectivity index (χ0v) is 11.2. The van der Waals surface area contributed by atoms with Crippen molar-refractivity contribution < 1.29 is 5.11 Å². The number of hydrogen-bond donors (Lipinski definition) is 1. The van der Waals surface area contributed by atoms with E-state index in [4.69, 9.17) is 5.11 Å². The van der Waals surface area contributed by atoms with E-state index < -0.39 is 0 Å².